The van der Waals surface area contributed by atoms with E-state index in [-0.39, 0.29) is 24.0 Å². The van der Waals surface area contributed by atoms with Crippen LogP contribution >= 0.6 is 0 Å². The summed E-state index contributed by atoms with van der Waals surface area (Å²) in [5.41, 5.74) is 4.52. The lowest BCUT2D eigenvalue weighted by Crippen LogP contribution is -2.48. The second-order valence-electron chi connectivity index (χ2n) is 9.42. The molecule has 0 bridgehead atoms. The van der Waals surface area contributed by atoms with Crippen LogP contribution in [0.2, 0.25) is 0 Å². The number of nitrogens with zero attached hydrogens (tertiary/aromatic N) is 2. The third-order valence-corrected chi connectivity index (χ3v) is 9.18. The van der Waals surface area contributed by atoms with Gasteiger partial charge in [0.25, 0.3) is 5.91 Å². The van der Waals surface area contributed by atoms with E-state index in [4.69, 9.17) is 4.74 Å². The molecule has 0 aliphatic carbocycles. The fraction of sp³-hybridized carbons (Fsp3) is 0.462. The van der Waals surface area contributed by atoms with Crippen LogP contribution in [0.5, 0.6) is 0 Å². The van der Waals surface area contributed by atoms with Gasteiger partial charge in [-0.3, -0.25) is 9.59 Å². The fourth-order valence-electron chi connectivity index (χ4n) is 4.87. The number of aryl methyl sites for hydroxylation is 3. The molecule has 2 heterocycles. The minimum absolute atomic E-state index is 0.0413. The molecule has 2 unspecified atom stereocenters. The molecule has 0 saturated carbocycles. The van der Waals surface area contributed by atoms with Gasteiger partial charge in [0.05, 0.1) is 23.1 Å². The summed E-state index contributed by atoms with van der Waals surface area (Å²) in [7, 11) is -4.09. The minimum Gasteiger partial charge on any atom is -0.377 e. The number of benzene rings is 2. The zero-order valence-electron chi connectivity index (χ0n) is 20.4. The van der Waals surface area contributed by atoms with Crippen LogP contribution in [-0.2, 0) is 24.3 Å². The van der Waals surface area contributed by atoms with Crippen molar-refractivity contribution in [1.82, 2.24) is 4.31 Å². The Hall–Kier alpha value is -2.55. The summed E-state index contributed by atoms with van der Waals surface area (Å²) < 4.78 is 35.3. The van der Waals surface area contributed by atoms with Gasteiger partial charge in [-0.1, -0.05) is 23.8 Å². The number of carbonyl (C=O) groups excluding carboxylic acids is 2. The number of carbonyl (C=O) groups is 2. The third-order valence-electron chi connectivity index (χ3n) is 7.03. The predicted molar refractivity (Wildman–Crippen MR) is 130 cm³/mol. The van der Waals surface area contributed by atoms with E-state index in [9.17, 15) is 18.0 Å². The van der Waals surface area contributed by atoms with Crippen LogP contribution in [0.3, 0.4) is 0 Å². The monoisotopic (exact) mass is 484 g/mol. The highest BCUT2D eigenvalue weighted by molar-refractivity contribution is 7.89. The molecule has 0 aromatic heterocycles. The molecule has 2 aromatic carbocycles. The zero-order valence-corrected chi connectivity index (χ0v) is 21.2. The van der Waals surface area contributed by atoms with Gasteiger partial charge in [0, 0.05) is 13.2 Å². The van der Waals surface area contributed by atoms with Crippen LogP contribution in [0.25, 0.3) is 0 Å². The molecular formula is C26H32N2O5S. The standard InChI is InChI=1S/C26H32N2O5S/c1-16-8-10-21(11-9-16)28-24(29)14-23(26(28)30)27(15-22-7-6-12-33-22)34(31,32)25-19(4)17(2)13-18(3)20(25)5/h8-11,13,22-23H,6-7,12,14-15H2,1-5H3. The van der Waals surface area contributed by atoms with E-state index < -0.39 is 27.9 Å². The largest absolute Gasteiger partial charge is 0.377 e. The topological polar surface area (TPSA) is 84.0 Å². The Balaban J connectivity index is 1.79. The highest BCUT2D eigenvalue weighted by atomic mass is 32.2. The molecule has 4 rings (SSSR count). The van der Waals surface area contributed by atoms with Gasteiger partial charge in [-0.05, 0) is 81.8 Å². The number of anilines is 1. The van der Waals surface area contributed by atoms with Crippen molar-refractivity contribution < 1.29 is 22.7 Å². The van der Waals surface area contributed by atoms with Crippen LogP contribution in [0.15, 0.2) is 35.2 Å². The Labute approximate surface area is 201 Å². The van der Waals surface area contributed by atoms with Gasteiger partial charge in [0.15, 0.2) is 0 Å². The fourth-order valence-corrected chi connectivity index (χ4v) is 7.07. The molecule has 0 N–H and O–H groups in total. The second-order valence-corrected chi connectivity index (χ2v) is 11.2. The van der Waals surface area contributed by atoms with Crippen LogP contribution < -0.4 is 4.90 Å². The summed E-state index contributed by atoms with van der Waals surface area (Å²) in [5, 5.41) is 0. The summed E-state index contributed by atoms with van der Waals surface area (Å²) in [5.74, 6) is -0.921. The van der Waals surface area contributed by atoms with Crippen molar-refractivity contribution in [1.29, 1.82) is 0 Å². The first-order valence-corrected chi connectivity index (χ1v) is 13.1. The molecule has 2 fully saturated rings. The number of hydrogen-bond acceptors (Lipinski definition) is 5. The molecular weight excluding hydrogens is 452 g/mol. The molecule has 2 saturated heterocycles. The maximum Gasteiger partial charge on any atom is 0.252 e. The second kappa shape index (κ2) is 9.24. The minimum atomic E-state index is -4.09. The molecule has 2 aromatic rings. The van der Waals surface area contributed by atoms with Gasteiger partial charge >= 0.3 is 0 Å². The van der Waals surface area contributed by atoms with Crippen LogP contribution in [0.1, 0.15) is 47.1 Å². The lowest BCUT2D eigenvalue weighted by molar-refractivity contribution is -0.122. The Bertz CT molecular complexity index is 1200. The number of amides is 2. The quantitative estimate of drug-likeness (QED) is 0.584. The third kappa shape index (κ3) is 4.30. The molecule has 2 amide bonds. The number of imide groups is 1. The van der Waals surface area contributed by atoms with E-state index in [2.05, 4.69) is 0 Å². The lowest BCUT2D eigenvalue weighted by atomic mass is 10.0. The van der Waals surface area contributed by atoms with E-state index in [1.165, 1.54) is 4.31 Å². The summed E-state index contributed by atoms with van der Waals surface area (Å²) >= 11 is 0. The van der Waals surface area contributed by atoms with Gasteiger partial charge in [0.1, 0.15) is 6.04 Å². The van der Waals surface area contributed by atoms with Gasteiger partial charge in [-0.2, -0.15) is 4.31 Å². The molecule has 2 aliphatic rings. The van der Waals surface area contributed by atoms with Crippen LogP contribution in [0.4, 0.5) is 5.69 Å². The van der Waals surface area contributed by atoms with Gasteiger partial charge in [-0.25, -0.2) is 13.3 Å². The van der Waals surface area contributed by atoms with E-state index in [1.54, 1.807) is 26.0 Å². The SMILES string of the molecule is Cc1ccc(N2C(=O)CC(N(CC3CCCO3)S(=O)(=O)c3c(C)c(C)cc(C)c3C)C2=O)cc1. The molecule has 182 valence electrons. The van der Waals surface area contributed by atoms with Gasteiger partial charge < -0.3 is 4.74 Å². The van der Waals surface area contributed by atoms with Crippen molar-refractivity contribution in [3.8, 4) is 0 Å². The lowest BCUT2D eigenvalue weighted by Gasteiger charge is -2.30. The number of ether oxygens (including phenoxy) is 1. The highest BCUT2D eigenvalue weighted by Crippen LogP contribution is 2.34. The zero-order chi connectivity index (χ0) is 24.8. The first kappa shape index (κ1) is 24.6. The number of sulfonamides is 1. The molecule has 0 radical (unpaired) electrons. The summed E-state index contributed by atoms with van der Waals surface area (Å²) in [6.07, 6.45) is 1.06. The number of hydrogen-bond donors (Lipinski definition) is 0. The van der Waals surface area contributed by atoms with E-state index in [0.717, 1.165) is 28.0 Å². The van der Waals surface area contributed by atoms with Crippen molar-refractivity contribution >= 4 is 27.5 Å². The summed E-state index contributed by atoms with van der Waals surface area (Å²) in [4.78, 5) is 27.9. The van der Waals surface area contributed by atoms with Gasteiger partial charge in [0.2, 0.25) is 15.9 Å². The van der Waals surface area contributed by atoms with Crippen molar-refractivity contribution in [2.24, 2.45) is 0 Å². The molecule has 2 aliphatic heterocycles. The molecule has 0 spiro atoms. The normalized spacial score (nSPS) is 21.2. The van der Waals surface area contributed by atoms with Crippen molar-refractivity contribution in [3.05, 3.63) is 58.1 Å². The van der Waals surface area contributed by atoms with E-state index >= 15 is 0 Å². The smallest absolute Gasteiger partial charge is 0.252 e. The maximum atomic E-state index is 14.2. The average Bonchev–Trinajstić information content (AvgIpc) is 3.39. The van der Waals surface area contributed by atoms with E-state index in [1.807, 2.05) is 39.0 Å². The van der Waals surface area contributed by atoms with Crippen molar-refractivity contribution in [2.75, 3.05) is 18.1 Å². The molecule has 7 nitrogen and oxygen atoms in total. The van der Waals surface area contributed by atoms with Crippen LogP contribution in [-0.4, -0.2) is 49.8 Å². The highest BCUT2D eigenvalue weighted by Gasteiger charge is 2.48. The first-order valence-electron chi connectivity index (χ1n) is 11.7. The number of rotatable bonds is 6. The Morgan fingerprint density at radius 1 is 1.00 bits per heavy atom. The van der Waals surface area contributed by atoms with Crippen molar-refractivity contribution in [3.63, 3.8) is 0 Å². The predicted octanol–water partition coefficient (Wildman–Crippen LogP) is 3.73. The van der Waals surface area contributed by atoms with Crippen molar-refractivity contribution in [2.45, 2.75) is 70.9 Å². The maximum absolute atomic E-state index is 14.2. The molecule has 34 heavy (non-hydrogen) atoms. The van der Waals surface area contributed by atoms with Crippen LogP contribution in [0, 0.1) is 34.6 Å². The van der Waals surface area contributed by atoms with Gasteiger partial charge in [-0.15, -0.1) is 0 Å². The first-order chi connectivity index (χ1) is 16.0. The Morgan fingerprint density at radius 3 is 2.18 bits per heavy atom. The Kier molecular flexibility index (Phi) is 6.68. The molecule has 8 heteroatoms. The average molecular weight is 485 g/mol. The Morgan fingerprint density at radius 2 is 1.62 bits per heavy atom. The summed E-state index contributed by atoms with van der Waals surface area (Å²) in [6, 6.07) is 7.94. The molecule has 2 atom stereocenters. The van der Waals surface area contributed by atoms with E-state index in [0.29, 0.717) is 29.8 Å². The summed E-state index contributed by atoms with van der Waals surface area (Å²) in [6.45, 7) is 9.87.